The van der Waals surface area contributed by atoms with Crippen LogP contribution in [0.5, 0.6) is 0 Å². The van der Waals surface area contributed by atoms with E-state index in [1.807, 2.05) is 122 Å². The molecule has 0 spiro atoms. The summed E-state index contributed by atoms with van der Waals surface area (Å²) in [6.07, 6.45) is 3.65. The fourth-order valence-corrected chi connectivity index (χ4v) is 2.84. The quantitative estimate of drug-likeness (QED) is 0.0719. The topological polar surface area (TPSA) is 72.8 Å². The van der Waals surface area contributed by atoms with Crippen LogP contribution in [0.15, 0.2) is 134 Å². The number of fused-ring (bicyclic) bond motifs is 2. The average Bonchev–Trinajstić information content (AvgIpc) is 3.61. The van der Waals surface area contributed by atoms with Crippen LogP contribution >= 0.6 is 24.4 Å². The fraction of sp³-hybridized carbons (Fsp3) is 0. The second-order valence-corrected chi connectivity index (χ2v) is 7.53. The Morgan fingerprint density at radius 2 is 0.769 bits per heavy atom. The molecule has 39 heavy (non-hydrogen) atoms. The van der Waals surface area contributed by atoms with Crippen LogP contribution in [0.3, 0.4) is 0 Å². The van der Waals surface area contributed by atoms with E-state index in [1.54, 1.807) is 0 Å². The molecule has 192 valence electrons. The average molecular weight is 649 g/mol. The number of aromatic nitrogens is 2. The van der Waals surface area contributed by atoms with E-state index in [4.69, 9.17) is 10.8 Å². The molecule has 0 amide bonds. The van der Waals surface area contributed by atoms with Crippen molar-refractivity contribution in [3.63, 3.8) is 0 Å². The number of benzene rings is 4. The van der Waals surface area contributed by atoms with Crippen LogP contribution in [0, 0.1) is 13.8 Å². The first-order valence-electron chi connectivity index (χ1n) is 11.2. The summed E-state index contributed by atoms with van der Waals surface area (Å²) in [5, 5.41) is 19.4. The Hall–Kier alpha value is -3.90. The molecule has 4 nitrogen and oxygen atoms in total. The van der Waals surface area contributed by atoms with Crippen molar-refractivity contribution in [2.24, 2.45) is 0 Å². The molecule has 6 aromatic rings. The maximum atomic E-state index is 7.13. The zero-order chi connectivity index (χ0) is 27.8. The molecule has 0 aliphatic heterocycles. The second-order valence-electron chi connectivity index (χ2n) is 7.16. The van der Waals surface area contributed by atoms with Crippen LogP contribution < -0.4 is 9.97 Å². The third-order valence-corrected chi connectivity index (χ3v) is 4.49. The van der Waals surface area contributed by atoms with E-state index in [0.717, 1.165) is 22.2 Å². The Bertz CT molecular complexity index is 1310. The van der Waals surface area contributed by atoms with Crippen molar-refractivity contribution in [2.75, 3.05) is 0 Å². The molecule has 0 bridgehead atoms. The Morgan fingerprint density at radius 3 is 1.03 bits per heavy atom. The van der Waals surface area contributed by atoms with Gasteiger partial charge in [-0.05, 0) is 10.8 Å². The molecular weight excluding hydrogens is 623 g/mol. The van der Waals surface area contributed by atoms with Crippen LogP contribution in [-0.4, -0.2) is 34.2 Å². The molecule has 0 radical (unpaired) electrons. The minimum absolute atomic E-state index is 0. The smallest absolute Gasteiger partial charge is 0.753 e. The minimum Gasteiger partial charge on any atom is -0.753 e. The molecule has 0 aliphatic rings. The molecule has 0 fully saturated rings. The third kappa shape index (κ3) is 16.5. The number of isothiocyanates is 2. The van der Waals surface area contributed by atoms with Crippen molar-refractivity contribution in [1.29, 1.82) is 0 Å². The molecule has 0 N–H and O–H groups in total. The van der Waals surface area contributed by atoms with E-state index in [-0.39, 0.29) is 23.9 Å². The van der Waals surface area contributed by atoms with Crippen molar-refractivity contribution in [2.45, 2.75) is 0 Å². The third-order valence-electron chi connectivity index (χ3n) is 4.49. The van der Waals surface area contributed by atoms with Gasteiger partial charge in [0.25, 0.3) is 0 Å². The Morgan fingerprint density at radius 1 is 0.487 bits per heavy atom. The predicted molar refractivity (Wildman–Crippen MR) is 174 cm³/mol. The number of hydrogen-bond acceptors (Lipinski definition) is 2. The van der Waals surface area contributed by atoms with E-state index in [0.29, 0.717) is 0 Å². The largest absolute Gasteiger partial charge is 4.00 e. The van der Waals surface area contributed by atoms with Gasteiger partial charge in [-0.1, -0.05) is 97.2 Å². The van der Waals surface area contributed by atoms with Crippen molar-refractivity contribution >= 4 is 80.5 Å². The first-order valence-corrected chi connectivity index (χ1v) is 12.1. The zero-order valence-electron chi connectivity index (χ0n) is 21.2. The summed E-state index contributed by atoms with van der Waals surface area (Å²) in [5.74, 6) is 0. The summed E-state index contributed by atoms with van der Waals surface area (Å²) in [7, 11) is 0. The summed E-state index contributed by atoms with van der Waals surface area (Å²) in [5.41, 5.74) is 4.31. The zero-order valence-corrected chi connectivity index (χ0v) is 25.7. The van der Waals surface area contributed by atoms with Gasteiger partial charge >= 0.3 is 23.9 Å². The fourth-order valence-electron chi connectivity index (χ4n) is 2.84. The van der Waals surface area contributed by atoms with Gasteiger partial charge in [-0.25, -0.2) is 0 Å². The summed E-state index contributed by atoms with van der Waals surface area (Å²) in [6.45, 7) is 7.44. The number of para-hydroxylation sites is 2. The summed E-state index contributed by atoms with van der Waals surface area (Å²) in [4.78, 5) is 8.24. The first-order chi connectivity index (χ1) is 18.5. The molecule has 7 heteroatoms. The van der Waals surface area contributed by atoms with Crippen molar-refractivity contribution in [1.82, 2.24) is 9.97 Å². The molecule has 6 rings (SSSR count). The molecule has 0 unspecified atom stereocenters. The van der Waals surface area contributed by atoms with E-state index in [1.165, 1.54) is 21.1 Å². The second kappa shape index (κ2) is 23.2. The first kappa shape index (κ1) is 35.1. The maximum Gasteiger partial charge on any atom is 4.00 e. The standard InChI is InChI=1S/2C8H6N.2C7H7.2CNS.Sn/c2*1-2-4-8-7(3-1)5-6-9-8;2*1-7-5-3-2-4-6-7;2*2-1-3;/h2*1-6H;2*2-6H,1H2;;;/q6*-1;+4. The number of nitrogens with zero attached hydrogens (tertiary/aromatic N) is 4. The van der Waals surface area contributed by atoms with Gasteiger partial charge in [0.2, 0.25) is 0 Å². The molecule has 4 aromatic carbocycles. The molecule has 2 heterocycles. The maximum absolute atomic E-state index is 7.13. The van der Waals surface area contributed by atoms with Crippen LogP contribution in [0.2, 0.25) is 0 Å². The molecule has 0 saturated heterocycles. The van der Waals surface area contributed by atoms with Gasteiger partial charge in [0.1, 0.15) is 0 Å². The van der Waals surface area contributed by atoms with Gasteiger partial charge in [0.15, 0.2) is 0 Å². The SMILES string of the molecule is [CH2-]c1ccccc1.[CH2-]c1ccccc1.[N-]=C=S.[N-]=C=S.[Sn+4].c1ccc2[n-]ccc2c1.c1ccc2[n-]ccc2c1. The Kier molecular flexibility index (Phi) is 20.9. The van der Waals surface area contributed by atoms with E-state index in [2.05, 4.69) is 60.4 Å². The van der Waals surface area contributed by atoms with Crippen LogP contribution in [0.25, 0.3) is 32.6 Å². The molecule has 0 saturated carbocycles. The number of hydrogen-bond donors (Lipinski definition) is 0. The summed E-state index contributed by atoms with van der Waals surface area (Å²) < 4.78 is 0. The van der Waals surface area contributed by atoms with Gasteiger partial charge in [-0.2, -0.15) is 72.0 Å². The van der Waals surface area contributed by atoms with Gasteiger partial charge in [-0.15, -0.1) is 35.3 Å². The Balaban J connectivity index is 0.000000462. The van der Waals surface area contributed by atoms with Gasteiger partial charge in [-0.3, -0.25) is 0 Å². The molecule has 0 aliphatic carbocycles. The molecule has 0 atom stereocenters. The van der Waals surface area contributed by atoms with Gasteiger partial charge in [0.05, 0.1) is 0 Å². The minimum atomic E-state index is 0. The molecule has 2 aromatic heterocycles. The predicted octanol–water partition coefficient (Wildman–Crippen LogP) is 8.27. The van der Waals surface area contributed by atoms with Crippen molar-refractivity contribution in [3.05, 3.63) is 170 Å². The van der Waals surface area contributed by atoms with Gasteiger partial charge < -0.3 is 20.8 Å². The summed E-state index contributed by atoms with van der Waals surface area (Å²) in [6, 6.07) is 39.9. The van der Waals surface area contributed by atoms with Crippen LogP contribution in [0.1, 0.15) is 11.1 Å². The monoisotopic (exact) mass is 650 g/mol. The normalized spacial score (nSPS) is 8.21. The van der Waals surface area contributed by atoms with Crippen LogP contribution in [-0.2, 0) is 0 Å². The summed E-state index contributed by atoms with van der Waals surface area (Å²) >= 11 is 7.40. The van der Waals surface area contributed by atoms with Gasteiger partial charge in [0, 0.05) is 0 Å². The van der Waals surface area contributed by atoms with E-state index in [9.17, 15) is 0 Å². The number of thiocarbonyl (C=S) groups is 2. The van der Waals surface area contributed by atoms with Crippen LogP contribution in [0.4, 0.5) is 0 Å². The Labute approximate surface area is 258 Å². The number of rotatable bonds is 0. The van der Waals surface area contributed by atoms with E-state index >= 15 is 0 Å². The van der Waals surface area contributed by atoms with Crippen molar-refractivity contribution < 1.29 is 0 Å². The van der Waals surface area contributed by atoms with E-state index < -0.39 is 0 Å². The molecular formula is C32H26N4S2Sn-2. The van der Waals surface area contributed by atoms with Crippen molar-refractivity contribution in [3.8, 4) is 0 Å².